The minimum absolute atomic E-state index is 0.253. The van der Waals surface area contributed by atoms with E-state index in [9.17, 15) is 13.2 Å². The Kier molecular flexibility index (Phi) is 7.30. The van der Waals surface area contributed by atoms with Crippen molar-refractivity contribution < 1.29 is 13.2 Å². The Morgan fingerprint density at radius 1 is 1.16 bits per heavy atom. The Morgan fingerprint density at radius 3 is 2.69 bits per heavy atom. The highest BCUT2D eigenvalue weighted by Gasteiger charge is 2.27. The molecule has 0 bridgehead atoms. The lowest BCUT2D eigenvalue weighted by Gasteiger charge is -2.26. The summed E-state index contributed by atoms with van der Waals surface area (Å²) < 4.78 is 27.9. The van der Waals surface area contributed by atoms with Crippen LogP contribution in [0.25, 0.3) is 0 Å². The van der Waals surface area contributed by atoms with Gasteiger partial charge in [0.25, 0.3) is 5.91 Å². The van der Waals surface area contributed by atoms with E-state index in [0.29, 0.717) is 35.7 Å². The van der Waals surface area contributed by atoms with Gasteiger partial charge in [0.15, 0.2) is 0 Å². The van der Waals surface area contributed by atoms with Crippen LogP contribution >= 0.6 is 23.1 Å². The summed E-state index contributed by atoms with van der Waals surface area (Å²) in [6.07, 6.45) is 2.81. The van der Waals surface area contributed by atoms with Crippen LogP contribution in [-0.4, -0.2) is 36.7 Å². The highest BCUT2D eigenvalue weighted by Crippen LogP contribution is 2.29. The minimum atomic E-state index is -3.59. The molecule has 0 spiro atoms. The number of anilines is 1. The molecule has 1 aliphatic rings. The number of benzene rings is 2. The van der Waals surface area contributed by atoms with Crippen molar-refractivity contribution in [3.05, 3.63) is 70.2 Å². The molecule has 0 aliphatic carbocycles. The maximum atomic E-state index is 13.2. The van der Waals surface area contributed by atoms with Crippen LogP contribution < -0.4 is 5.32 Å². The van der Waals surface area contributed by atoms with Crippen LogP contribution in [0.2, 0.25) is 0 Å². The van der Waals surface area contributed by atoms with Crippen LogP contribution in [0.4, 0.5) is 5.69 Å². The summed E-state index contributed by atoms with van der Waals surface area (Å²) in [6.45, 7) is 2.87. The number of aromatic nitrogens is 1. The fraction of sp³-hybridized carbons (Fsp3) is 0.304. The van der Waals surface area contributed by atoms with Gasteiger partial charge in [-0.3, -0.25) is 4.79 Å². The van der Waals surface area contributed by atoms with Crippen molar-refractivity contribution in [1.82, 2.24) is 9.29 Å². The molecule has 1 saturated heterocycles. The lowest BCUT2D eigenvalue weighted by molar-refractivity contribution is 0.102. The van der Waals surface area contributed by atoms with Crippen LogP contribution in [0, 0.1) is 6.92 Å². The first-order chi connectivity index (χ1) is 15.4. The number of carbonyl (C=O) groups is 1. The number of amides is 1. The van der Waals surface area contributed by atoms with Gasteiger partial charge < -0.3 is 5.32 Å². The second-order valence-corrected chi connectivity index (χ2v) is 11.3. The monoisotopic (exact) mass is 487 g/mol. The highest BCUT2D eigenvalue weighted by molar-refractivity contribution is 7.98. The first-order valence-corrected chi connectivity index (χ1v) is 13.8. The molecule has 0 atom stereocenters. The molecule has 2 aromatic carbocycles. The molecular formula is C23H25N3O3S3. The fourth-order valence-corrected chi connectivity index (χ4v) is 7.02. The third-order valence-corrected chi connectivity index (χ3v) is 9.15. The molecule has 1 aromatic heterocycles. The number of thioether (sulfide) groups is 1. The Labute approximate surface area is 197 Å². The minimum Gasteiger partial charge on any atom is -0.322 e. The van der Waals surface area contributed by atoms with Crippen LogP contribution in [-0.2, 0) is 15.8 Å². The number of sulfonamides is 1. The van der Waals surface area contributed by atoms with Crippen molar-refractivity contribution in [2.24, 2.45) is 0 Å². The van der Waals surface area contributed by atoms with E-state index in [1.165, 1.54) is 0 Å². The van der Waals surface area contributed by atoms with Crippen molar-refractivity contribution in [2.45, 2.75) is 41.7 Å². The number of hydrogen-bond acceptors (Lipinski definition) is 6. The average Bonchev–Trinajstić information content (AvgIpc) is 3.33. The van der Waals surface area contributed by atoms with Crippen LogP contribution in [0.3, 0.4) is 0 Å². The Hall–Kier alpha value is -2.20. The summed E-state index contributed by atoms with van der Waals surface area (Å²) in [7, 11) is -3.59. The molecule has 6 nitrogen and oxygen atoms in total. The smallest absolute Gasteiger partial charge is 0.256 e. The SMILES string of the molecule is Cc1ccc(NC(=O)c2ccccc2SCc2cscn2)cc1S(=O)(=O)N1CCCCC1. The van der Waals surface area contributed by atoms with E-state index in [4.69, 9.17) is 0 Å². The van der Waals surface area contributed by atoms with Gasteiger partial charge in [0.05, 0.1) is 21.7 Å². The molecule has 0 unspecified atom stereocenters. The third kappa shape index (κ3) is 5.23. The normalized spacial score (nSPS) is 14.9. The topological polar surface area (TPSA) is 79.4 Å². The van der Waals surface area contributed by atoms with E-state index < -0.39 is 10.0 Å². The van der Waals surface area contributed by atoms with Crippen molar-refractivity contribution in [1.29, 1.82) is 0 Å². The van der Waals surface area contributed by atoms with Crippen molar-refractivity contribution in [3.63, 3.8) is 0 Å². The second-order valence-electron chi connectivity index (χ2n) is 7.66. The molecule has 3 aromatic rings. The molecule has 1 amide bonds. The number of aryl methyl sites for hydroxylation is 1. The molecule has 4 rings (SSSR count). The predicted octanol–water partition coefficient (Wildman–Crippen LogP) is 5.17. The first kappa shape index (κ1) is 23.0. The highest BCUT2D eigenvalue weighted by atomic mass is 32.2. The summed E-state index contributed by atoms with van der Waals surface area (Å²) in [5.74, 6) is 0.410. The zero-order valence-corrected chi connectivity index (χ0v) is 20.2. The number of hydrogen-bond donors (Lipinski definition) is 1. The number of piperidine rings is 1. The number of rotatable bonds is 7. The average molecular weight is 488 g/mol. The van der Waals surface area contributed by atoms with Gasteiger partial charge in [0.1, 0.15) is 0 Å². The molecule has 9 heteroatoms. The third-order valence-electron chi connectivity index (χ3n) is 5.37. The maximum absolute atomic E-state index is 13.2. The van der Waals surface area contributed by atoms with Gasteiger partial charge in [-0.25, -0.2) is 13.4 Å². The van der Waals surface area contributed by atoms with Crippen LogP contribution in [0.1, 0.15) is 40.9 Å². The summed E-state index contributed by atoms with van der Waals surface area (Å²) in [5.41, 5.74) is 4.46. The standard InChI is InChI=1S/C23H25N3O3S3/c1-17-9-10-18(13-22(17)32(28,29)26-11-5-2-6-12-26)25-23(27)20-7-3-4-8-21(20)31-15-19-14-30-16-24-19/h3-4,7-10,13-14,16H,2,5-6,11-12,15H2,1H3,(H,25,27). The summed E-state index contributed by atoms with van der Waals surface area (Å²) in [4.78, 5) is 18.4. The number of thiazole rings is 1. The summed E-state index contributed by atoms with van der Waals surface area (Å²) in [6, 6.07) is 12.5. The largest absolute Gasteiger partial charge is 0.322 e. The van der Waals surface area contributed by atoms with Gasteiger partial charge in [-0.05, 0) is 49.6 Å². The number of nitrogens with zero attached hydrogens (tertiary/aromatic N) is 2. The van der Waals surface area contributed by atoms with E-state index in [2.05, 4.69) is 10.3 Å². The molecule has 32 heavy (non-hydrogen) atoms. The van der Waals surface area contributed by atoms with Crippen molar-refractivity contribution >= 4 is 44.7 Å². The lowest BCUT2D eigenvalue weighted by atomic mass is 10.2. The Morgan fingerprint density at radius 2 is 1.94 bits per heavy atom. The van der Waals surface area contributed by atoms with E-state index in [0.717, 1.165) is 29.9 Å². The molecule has 168 valence electrons. The van der Waals surface area contributed by atoms with Gasteiger partial charge in [0, 0.05) is 34.8 Å². The van der Waals surface area contributed by atoms with Crippen molar-refractivity contribution in [3.8, 4) is 0 Å². The summed E-state index contributed by atoms with van der Waals surface area (Å²) >= 11 is 3.10. The summed E-state index contributed by atoms with van der Waals surface area (Å²) in [5, 5.41) is 4.88. The van der Waals surface area contributed by atoms with Gasteiger partial charge in [-0.15, -0.1) is 23.1 Å². The number of nitrogens with one attached hydrogen (secondary N) is 1. The Balaban J connectivity index is 1.54. The van der Waals surface area contributed by atoms with Gasteiger partial charge in [-0.2, -0.15) is 4.31 Å². The quantitative estimate of drug-likeness (QED) is 0.465. The van der Waals surface area contributed by atoms with E-state index in [1.54, 1.807) is 64.1 Å². The van der Waals surface area contributed by atoms with Gasteiger partial charge in [-0.1, -0.05) is 24.6 Å². The molecule has 0 saturated carbocycles. The molecule has 1 N–H and O–H groups in total. The van der Waals surface area contributed by atoms with Crippen LogP contribution in [0.15, 0.2) is 63.1 Å². The molecule has 0 radical (unpaired) electrons. The zero-order chi connectivity index (χ0) is 22.6. The van der Waals surface area contributed by atoms with E-state index in [-0.39, 0.29) is 10.8 Å². The zero-order valence-electron chi connectivity index (χ0n) is 17.8. The van der Waals surface area contributed by atoms with E-state index in [1.807, 2.05) is 23.6 Å². The van der Waals surface area contributed by atoms with E-state index >= 15 is 0 Å². The second kappa shape index (κ2) is 10.2. The van der Waals surface area contributed by atoms with Gasteiger partial charge >= 0.3 is 0 Å². The Bertz CT molecular complexity index is 1190. The molecule has 1 fully saturated rings. The lowest BCUT2D eigenvalue weighted by Crippen LogP contribution is -2.36. The predicted molar refractivity (Wildman–Crippen MR) is 130 cm³/mol. The fourth-order valence-electron chi connectivity index (χ4n) is 3.64. The molecular weight excluding hydrogens is 462 g/mol. The van der Waals surface area contributed by atoms with Crippen LogP contribution in [0.5, 0.6) is 0 Å². The molecule has 1 aliphatic heterocycles. The first-order valence-electron chi connectivity index (χ1n) is 10.5. The number of carbonyl (C=O) groups excluding carboxylic acids is 1. The molecule has 2 heterocycles. The van der Waals surface area contributed by atoms with Gasteiger partial charge in [0.2, 0.25) is 10.0 Å². The maximum Gasteiger partial charge on any atom is 0.256 e. The van der Waals surface area contributed by atoms with Crippen molar-refractivity contribution in [2.75, 3.05) is 18.4 Å².